The average molecular weight is 456 g/mol. The van der Waals surface area contributed by atoms with E-state index in [1.807, 2.05) is 13.8 Å². The Morgan fingerprint density at radius 3 is 1.97 bits per heavy atom. The fraction of sp³-hybridized carbons (Fsp3) is 0.522. The van der Waals surface area contributed by atoms with Crippen LogP contribution in [-0.2, 0) is 14.4 Å². The van der Waals surface area contributed by atoms with Crippen LogP contribution in [0.25, 0.3) is 0 Å². The third kappa shape index (κ3) is 3.83. The van der Waals surface area contributed by atoms with E-state index < -0.39 is 43.9 Å². The summed E-state index contributed by atoms with van der Waals surface area (Å²) in [7, 11) is 0. The number of rotatable bonds is 3. The molecule has 0 radical (unpaired) electrons. The van der Waals surface area contributed by atoms with E-state index in [1.165, 1.54) is 0 Å². The number of benzene rings is 1. The van der Waals surface area contributed by atoms with Gasteiger partial charge in [0.05, 0.1) is 21.8 Å². The maximum atomic E-state index is 13.3. The van der Waals surface area contributed by atoms with Crippen molar-refractivity contribution in [1.82, 2.24) is 0 Å². The molecule has 0 bridgehead atoms. The van der Waals surface area contributed by atoms with E-state index in [2.05, 4.69) is 0 Å². The zero-order valence-corrected chi connectivity index (χ0v) is 18.8. The second-order valence-corrected chi connectivity index (χ2v) is 10.7. The maximum absolute atomic E-state index is 13.3. The first-order valence-electron chi connectivity index (χ1n) is 10.7. The Morgan fingerprint density at radius 2 is 1.42 bits per heavy atom. The highest BCUT2D eigenvalue weighted by Crippen LogP contribution is 2.55. The molecule has 1 heterocycles. The van der Waals surface area contributed by atoms with Crippen LogP contribution in [0.1, 0.15) is 64.9 Å². The van der Waals surface area contributed by atoms with Crippen LogP contribution in [0.2, 0.25) is 0 Å². The first-order chi connectivity index (χ1) is 15.2. The molecule has 10 heteroatoms. The molecule has 1 aliphatic heterocycles. The molecular weight excluding hydrogens is 432 g/mol. The van der Waals surface area contributed by atoms with E-state index in [1.54, 1.807) is 13.8 Å². The van der Waals surface area contributed by atoms with E-state index >= 15 is 0 Å². The van der Waals surface area contributed by atoms with Gasteiger partial charge in [-0.1, -0.05) is 27.7 Å². The predicted octanol–water partition coefficient (Wildman–Crippen LogP) is 4.20. The van der Waals surface area contributed by atoms with Gasteiger partial charge in [-0.3, -0.25) is 34.6 Å². The van der Waals surface area contributed by atoms with Gasteiger partial charge in [0.25, 0.3) is 5.69 Å². The van der Waals surface area contributed by atoms with Gasteiger partial charge >= 0.3 is 5.69 Å². The fourth-order valence-corrected chi connectivity index (χ4v) is 5.32. The molecule has 0 aromatic heterocycles. The number of nitro groups is 2. The van der Waals surface area contributed by atoms with Gasteiger partial charge < -0.3 is 4.74 Å². The topological polar surface area (TPSA) is 147 Å². The Labute approximate surface area is 189 Å². The summed E-state index contributed by atoms with van der Waals surface area (Å²) < 4.78 is 5.87. The quantitative estimate of drug-likeness (QED) is 0.373. The standard InChI is InChI=1S/C23H24N2O8/c1-22(2)7-14(26)19(15(27)8-22)18-12-5-11(24(29)30)6-13(25(31)32)21(12)33-17-10-23(3,4)9-16(28)20(17)18/h5-6,18-19H,7-10H2,1-4H3/t18-/m0/s1. The summed E-state index contributed by atoms with van der Waals surface area (Å²) in [5.74, 6) is -3.54. The molecule has 3 aliphatic rings. The molecule has 10 nitrogen and oxygen atoms in total. The highest BCUT2D eigenvalue weighted by atomic mass is 16.6. The molecule has 1 aromatic rings. The summed E-state index contributed by atoms with van der Waals surface area (Å²) in [6.07, 6.45) is 0.599. The maximum Gasteiger partial charge on any atom is 0.318 e. The minimum absolute atomic E-state index is 0.0332. The zero-order valence-electron chi connectivity index (χ0n) is 18.8. The second kappa shape index (κ2) is 7.29. The van der Waals surface area contributed by atoms with Crippen LogP contribution < -0.4 is 4.74 Å². The largest absolute Gasteiger partial charge is 0.454 e. The Morgan fingerprint density at radius 1 is 0.848 bits per heavy atom. The van der Waals surface area contributed by atoms with E-state index in [-0.39, 0.29) is 65.7 Å². The van der Waals surface area contributed by atoms with Crippen molar-refractivity contribution in [3.05, 3.63) is 49.3 Å². The minimum Gasteiger partial charge on any atom is -0.454 e. The van der Waals surface area contributed by atoms with Gasteiger partial charge in [0.2, 0.25) is 5.75 Å². The molecule has 0 spiro atoms. The molecule has 0 amide bonds. The first-order valence-corrected chi connectivity index (χ1v) is 10.7. The summed E-state index contributed by atoms with van der Waals surface area (Å²) in [5.41, 5.74) is -2.16. The molecule has 1 atom stereocenters. The SMILES string of the molecule is CC1(C)CC(=O)C([C@H]2C3=C(CC(C)(C)CC3=O)Oc3c2cc([N+](=O)[O-])cc3[N+](=O)[O-])C(=O)C1. The van der Waals surface area contributed by atoms with Crippen LogP contribution in [0.15, 0.2) is 23.5 Å². The van der Waals surface area contributed by atoms with Gasteiger partial charge in [0, 0.05) is 48.8 Å². The summed E-state index contributed by atoms with van der Waals surface area (Å²) in [5, 5.41) is 23.3. The van der Waals surface area contributed by atoms with Crippen LogP contribution in [0.4, 0.5) is 11.4 Å². The number of carbonyl (C=O) groups is 3. The summed E-state index contributed by atoms with van der Waals surface area (Å²) in [4.78, 5) is 61.4. The number of ether oxygens (including phenoxy) is 1. The number of hydrogen-bond acceptors (Lipinski definition) is 8. The summed E-state index contributed by atoms with van der Waals surface area (Å²) in [6.45, 7) is 7.30. The van der Waals surface area contributed by atoms with Crippen LogP contribution in [0.5, 0.6) is 5.75 Å². The smallest absolute Gasteiger partial charge is 0.318 e. The molecule has 33 heavy (non-hydrogen) atoms. The number of ketones is 3. The number of hydrogen-bond donors (Lipinski definition) is 0. The van der Waals surface area contributed by atoms with Crippen molar-refractivity contribution in [3.63, 3.8) is 0 Å². The lowest BCUT2D eigenvalue weighted by Crippen LogP contribution is -2.44. The van der Waals surface area contributed by atoms with Crippen LogP contribution in [-0.4, -0.2) is 27.2 Å². The van der Waals surface area contributed by atoms with Gasteiger partial charge in [0.15, 0.2) is 5.78 Å². The lowest BCUT2D eigenvalue weighted by molar-refractivity contribution is -0.394. The molecule has 2 aliphatic carbocycles. The van der Waals surface area contributed by atoms with Gasteiger partial charge in [-0.05, 0) is 10.8 Å². The number of fused-ring (bicyclic) bond motifs is 1. The van der Waals surface area contributed by atoms with Gasteiger partial charge in [0.1, 0.15) is 17.3 Å². The summed E-state index contributed by atoms with van der Waals surface area (Å²) in [6, 6.07) is 1.88. The van der Waals surface area contributed by atoms with E-state index in [4.69, 9.17) is 4.74 Å². The molecule has 1 fully saturated rings. The third-order valence-electron chi connectivity index (χ3n) is 6.57. The molecule has 174 valence electrons. The Hall–Kier alpha value is -3.43. The number of non-ortho nitro benzene ring substituents is 1. The highest BCUT2D eigenvalue weighted by molar-refractivity contribution is 6.09. The second-order valence-electron chi connectivity index (χ2n) is 10.7. The first kappa shape index (κ1) is 22.8. The van der Waals surface area contributed by atoms with Crippen LogP contribution >= 0.6 is 0 Å². The Kier molecular flexibility index (Phi) is 5.03. The normalized spacial score (nSPS) is 24.1. The third-order valence-corrected chi connectivity index (χ3v) is 6.57. The van der Waals surface area contributed by atoms with Gasteiger partial charge in [-0.25, -0.2) is 0 Å². The average Bonchev–Trinajstić information content (AvgIpc) is 2.63. The molecule has 0 unspecified atom stereocenters. The highest BCUT2D eigenvalue weighted by Gasteiger charge is 2.52. The number of carbonyl (C=O) groups excluding carboxylic acids is 3. The lowest BCUT2D eigenvalue weighted by atomic mass is 9.62. The Bertz CT molecular complexity index is 1160. The molecule has 0 N–H and O–H groups in total. The zero-order chi connectivity index (χ0) is 24.5. The lowest BCUT2D eigenvalue weighted by Gasteiger charge is -2.42. The Balaban J connectivity index is 2.00. The summed E-state index contributed by atoms with van der Waals surface area (Å²) >= 11 is 0. The van der Waals surface area contributed by atoms with Crippen molar-refractivity contribution in [2.75, 3.05) is 0 Å². The number of allylic oxidation sites excluding steroid dienone is 2. The van der Waals surface area contributed by atoms with Crippen molar-refractivity contribution in [3.8, 4) is 5.75 Å². The monoisotopic (exact) mass is 456 g/mol. The van der Waals surface area contributed by atoms with E-state index in [0.29, 0.717) is 0 Å². The van der Waals surface area contributed by atoms with Gasteiger partial charge in [-0.2, -0.15) is 0 Å². The van der Waals surface area contributed by atoms with Gasteiger partial charge in [-0.15, -0.1) is 0 Å². The van der Waals surface area contributed by atoms with Crippen molar-refractivity contribution in [2.24, 2.45) is 16.7 Å². The number of Topliss-reactive ketones (excluding diaryl/α,β-unsaturated/α-hetero) is 3. The van der Waals surface area contributed by atoms with Crippen molar-refractivity contribution >= 4 is 28.7 Å². The number of nitro benzene ring substituents is 2. The van der Waals surface area contributed by atoms with Crippen LogP contribution in [0.3, 0.4) is 0 Å². The van der Waals surface area contributed by atoms with Crippen molar-refractivity contribution in [1.29, 1.82) is 0 Å². The predicted molar refractivity (Wildman–Crippen MR) is 115 cm³/mol. The molecular formula is C23H24N2O8. The van der Waals surface area contributed by atoms with E-state index in [0.717, 1.165) is 12.1 Å². The fourth-order valence-electron chi connectivity index (χ4n) is 5.32. The number of nitrogens with zero attached hydrogens (tertiary/aromatic N) is 2. The van der Waals surface area contributed by atoms with E-state index in [9.17, 15) is 34.6 Å². The molecule has 0 saturated heterocycles. The molecule has 1 aromatic carbocycles. The molecule has 1 saturated carbocycles. The van der Waals surface area contributed by atoms with Crippen LogP contribution in [0, 0.1) is 37.0 Å². The minimum atomic E-state index is -1.25. The van der Waals surface area contributed by atoms with Crippen molar-refractivity contribution in [2.45, 2.75) is 59.3 Å². The molecule has 4 rings (SSSR count). The van der Waals surface area contributed by atoms with Crippen molar-refractivity contribution < 1.29 is 29.0 Å².